The van der Waals surface area contributed by atoms with E-state index in [1.807, 2.05) is 23.1 Å². The predicted octanol–water partition coefficient (Wildman–Crippen LogP) is 5.10. The van der Waals surface area contributed by atoms with Crippen molar-refractivity contribution < 1.29 is 34.1 Å². The van der Waals surface area contributed by atoms with Gasteiger partial charge in [0.25, 0.3) is 5.91 Å². The molecular weight excluding hydrogens is 759 g/mol. The first-order valence-electron chi connectivity index (χ1n) is 23.0. The molecule has 3 saturated carbocycles. The Bertz CT molecular complexity index is 1730. The van der Waals surface area contributed by atoms with Gasteiger partial charge in [0, 0.05) is 56.3 Å². The molecular formula is C48H73N5O7. The Morgan fingerprint density at radius 2 is 1.72 bits per heavy atom. The third kappa shape index (κ3) is 10.4. The second kappa shape index (κ2) is 19.9. The van der Waals surface area contributed by atoms with Crippen molar-refractivity contribution in [3.05, 3.63) is 65.2 Å². The number of rotatable bonds is 18. The van der Waals surface area contributed by atoms with Crippen molar-refractivity contribution in [2.45, 2.75) is 124 Å². The quantitative estimate of drug-likeness (QED) is 0.187. The Morgan fingerprint density at radius 3 is 2.40 bits per heavy atom. The standard InChI is InChI=1S/C48H73N5O7/c1-32(2)22-39(29-50-16-9-10-17-50)52(28-37-14-7-8-15-42(37)59-31-44(56)51-18-20-58-21-19-51)26-35-12-11-13-36(23-35)27-53-46(45(34(4)55)43(30-54)60-53)47(57)49-41-25-38-24-40(33(41)3)48(38,5)6/h7-8,11-15,23,32-34,38-41,43,45-46,54-55H,9-10,16-22,24-31H2,1-6H3,(H,49,57)/t33-,34-,38-,39-,40+,41-,43-,45+,46-/m0/s1. The molecule has 6 aliphatic rings. The number of carbonyl (C=O) groups is 2. The summed E-state index contributed by atoms with van der Waals surface area (Å²) >= 11 is 0. The summed E-state index contributed by atoms with van der Waals surface area (Å²) in [4.78, 5) is 40.7. The zero-order chi connectivity index (χ0) is 42.6. The van der Waals surface area contributed by atoms with E-state index >= 15 is 0 Å². The molecule has 6 fully saturated rings. The van der Waals surface area contributed by atoms with Gasteiger partial charge >= 0.3 is 0 Å². The molecule has 0 unspecified atom stereocenters. The van der Waals surface area contributed by atoms with E-state index < -0.39 is 24.2 Å². The Hall–Kier alpha value is -3.10. The lowest BCUT2D eigenvalue weighted by Gasteiger charge is -2.62. The third-order valence-corrected chi connectivity index (χ3v) is 14.8. The molecule has 2 aromatic carbocycles. The van der Waals surface area contributed by atoms with E-state index in [9.17, 15) is 19.8 Å². The minimum absolute atomic E-state index is 0.00814. The number of morpholine rings is 1. The van der Waals surface area contributed by atoms with Crippen LogP contribution in [0.15, 0.2) is 48.5 Å². The number of benzene rings is 2. The lowest BCUT2D eigenvalue weighted by molar-refractivity contribution is -0.183. The first-order chi connectivity index (χ1) is 28.8. The zero-order valence-electron chi connectivity index (χ0n) is 37.1. The van der Waals surface area contributed by atoms with Gasteiger partial charge in [0.15, 0.2) is 6.61 Å². The normalized spacial score (nSPS) is 29.1. The van der Waals surface area contributed by atoms with Crippen molar-refractivity contribution in [2.75, 3.05) is 59.2 Å². The van der Waals surface area contributed by atoms with Gasteiger partial charge in [-0.25, -0.2) is 0 Å². The highest BCUT2D eigenvalue weighted by atomic mass is 16.7. The summed E-state index contributed by atoms with van der Waals surface area (Å²) in [5, 5.41) is 26.5. The van der Waals surface area contributed by atoms with Crippen molar-refractivity contribution >= 4 is 11.8 Å². The predicted molar refractivity (Wildman–Crippen MR) is 231 cm³/mol. The van der Waals surface area contributed by atoms with Gasteiger partial charge in [0.2, 0.25) is 5.91 Å². The highest BCUT2D eigenvalue weighted by Gasteiger charge is 2.57. The maximum absolute atomic E-state index is 14.3. The van der Waals surface area contributed by atoms with E-state index in [-0.39, 0.29) is 37.1 Å². The average Bonchev–Trinajstić information content (AvgIpc) is 3.88. The second-order valence-electron chi connectivity index (χ2n) is 19.6. The van der Waals surface area contributed by atoms with Gasteiger partial charge in [-0.2, -0.15) is 5.06 Å². The minimum atomic E-state index is -0.850. The van der Waals surface area contributed by atoms with Gasteiger partial charge in [0.05, 0.1) is 32.5 Å². The number of hydrogen-bond acceptors (Lipinski definition) is 10. The number of ether oxygens (including phenoxy) is 2. The number of nitrogens with one attached hydrogen (secondary N) is 1. The van der Waals surface area contributed by atoms with Crippen molar-refractivity contribution in [2.24, 2.45) is 35.0 Å². The van der Waals surface area contributed by atoms with Gasteiger partial charge in [-0.3, -0.25) is 19.3 Å². The number of fused-ring (bicyclic) bond motifs is 2. The lowest BCUT2D eigenvalue weighted by Crippen LogP contribution is -2.62. The highest BCUT2D eigenvalue weighted by molar-refractivity contribution is 5.83. The van der Waals surface area contributed by atoms with Crippen LogP contribution in [0.25, 0.3) is 0 Å². The van der Waals surface area contributed by atoms with E-state index in [4.69, 9.17) is 14.3 Å². The van der Waals surface area contributed by atoms with Crippen LogP contribution < -0.4 is 10.1 Å². The summed E-state index contributed by atoms with van der Waals surface area (Å²) in [6.45, 7) is 20.2. The molecule has 2 aromatic rings. The summed E-state index contributed by atoms with van der Waals surface area (Å²) in [6.07, 6.45) is 4.14. The van der Waals surface area contributed by atoms with Crippen molar-refractivity contribution in [3.63, 3.8) is 0 Å². The van der Waals surface area contributed by atoms with Crippen LogP contribution >= 0.6 is 0 Å². The molecule has 12 heteroatoms. The molecule has 332 valence electrons. The fourth-order valence-electron chi connectivity index (χ4n) is 11.2. The van der Waals surface area contributed by atoms with Crippen LogP contribution in [-0.2, 0) is 38.8 Å². The van der Waals surface area contributed by atoms with Gasteiger partial charge in [0.1, 0.15) is 17.9 Å². The molecule has 2 bridgehead atoms. The Labute approximate surface area is 358 Å². The van der Waals surface area contributed by atoms with Crippen LogP contribution in [0, 0.1) is 35.0 Å². The number of aliphatic hydroxyl groups is 2. The number of hydrogen-bond donors (Lipinski definition) is 3. The molecule has 0 aromatic heterocycles. The average molecular weight is 832 g/mol. The summed E-state index contributed by atoms with van der Waals surface area (Å²) in [5.41, 5.74) is 3.49. The number of para-hydroxylation sites is 1. The first-order valence-corrected chi connectivity index (χ1v) is 23.0. The van der Waals surface area contributed by atoms with E-state index in [1.165, 1.54) is 19.3 Å². The Kier molecular flexibility index (Phi) is 14.9. The smallest absolute Gasteiger partial charge is 0.260 e. The summed E-state index contributed by atoms with van der Waals surface area (Å²) in [6, 6.07) is 16.2. The number of nitrogens with zero attached hydrogens (tertiary/aromatic N) is 4. The van der Waals surface area contributed by atoms with Crippen LogP contribution in [0.5, 0.6) is 5.75 Å². The monoisotopic (exact) mass is 832 g/mol. The third-order valence-electron chi connectivity index (χ3n) is 14.8. The van der Waals surface area contributed by atoms with Crippen LogP contribution in [-0.4, -0.2) is 131 Å². The fourth-order valence-corrected chi connectivity index (χ4v) is 11.2. The van der Waals surface area contributed by atoms with Crippen molar-refractivity contribution in [3.8, 4) is 5.75 Å². The Morgan fingerprint density at radius 1 is 0.983 bits per heavy atom. The lowest BCUT2D eigenvalue weighted by atomic mass is 9.45. The molecule has 3 N–H and O–H groups in total. The van der Waals surface area contributed by atoms with E-state index in [1.54, 1.807) is 12.0 Å². The van der Waals surface area contributed by atoms with Crippen LogP contribution in [0.1, 0.15) is 90.3 Å². The van der Waals surface area contributed by atoms with Gasteiger partial charge in [-0.05, 0) is 98.4 Å². The largest absolute Gasteiger partial charge is 0.483 e. The number of carbonyl (C=O) groups excluding carboxylic acids is 2. The number of likely N-dealkylation sites (tertiary alicyclic amines) is 1. The maximum Gasteiger partial charge on any atom is 0.260 e. The SMILES string of the molecule is CC(C)C[C@@H](CN1CCCC1)N(Cc1cccc(CN2O[C@@H](CO)[C@@H]([C@H](C)O)[C@H]2C(=O)N[C@H]2C[C@@H]3C[C@H]([C@@H]2C)C3(C)C)c1)Cc1ccccc1OCC(=O)N1CCOCC1. The molecule has 2 amide bonds. The van der Waals surface area contributed by atoms with Gasteiger partial charge in [-0.15, -0.1) is 0 Å². The van der Waals surface area contributed by atoms with Crippen molar-refractivity contribution in [1.29, 1.82) is 0 Å². The number of hydroxylamine groups is 2. The van der Waals surface area contributed by atoms with Crippen LogP contribution in [0.3, 0.4) is 0 Å². The second-order valence-corrected chi connectivity index (χ2v) is 19.6. The first kappa shape index (κ1) is 44.9. The fraction of sp³-hybridized carbons (Fsp3) is 0.708. The highest BCUT2D eigenvalue weighted by Crippen LogP contribution is 2.61. The maximum atomic E-state index is 14.3. The minimum Gasteiger partial charge on any atom is -0.483 e. The van der Waals surface area contributed by atoms with E-state index in [0.717, 1.165) is 54.9 Å². The van der Waals surface area contributed by atoms with Crippen LogP contribution in [0.4, 0.5) is 0 Å². The molecule has 3 aliphatic heterocycles. The van der Waals surface area contributed by atoms with E-state index in [0.29, 0.717) is 75.0 Å². The summed E-state index contributed by atoms with van der Waals surface area (Å²) in [7, 11) is 0. The molecule has 60 heavy (non-hydrogen) atoms. The van der Waals surface area contributed by atoms with E-state index in [2.05, 4.69) is 80.1 Å². The molecule has 8 rings (SSSR count). The van der Waals surface area contributed by atoms with Crippen molar-refractivity contribution in [1.82, 2.24) is 25.1 Å². The number of aliphatic hydroxyl groups excluding tert-OH is 2. The summed E-state index contributed by atoms with van der Waals surface area (Å²) in [5.74, 6) is 2.03. The summed E-state index contributed by atoms with van der Waals surface area (Å²) < 4.78 is 11.7. The van der Waals surface area contributed by atoms with Crippen LogP contribution in [0.2, 0.25) is 0 Å². The number of amides is 2. The molecule has 3 heterocycles. The zero-order valence-corrected chi connectivity index (χ0v) is 37.1. The molecule has 3 aliphatic carbocycles. The molecule has 9 atom stereocenters. The molecule has 0 spiro atoms. The van der Waals surface area contributed by atoms with Gasteiger partial charge < -0.3 is 34.8 Å². The topological polar surface area (TPSA) is 127 Å². The molecule has 12 nitrogen and oxygen atoms in total. The molecule has 3 saturated heterocycles. The Balaban J connectivity index is 1.10. The molecule has 0 radical (unpaired) electrons. The van der Waals surface area contributed by atoms with Gasteiger partial charge in [-0.1, -0.05) is 77.1 Å².